The third kappa shape index (κ3) is 1.98. The van der Waals surface area contributed by atoms with Crippen molar-refractivity contribution in [3.8, 4) is 0 Å². The number of hydrogen-bond donors (Lipinski definition) is 0. The molecule has 5 nitrogen and oxygen atoms in total. The Morgan fingerprint density at radius 2 is 2.22 bits per heavy atom. The van der Waals surface area contributed by atoms with Gasteiger partial charge in [-0.1, -0.05) is 0 Å². The molecule has 0 saturated carbocycles. The Morgan fingerprint density at radius 3 is 2.89 bits per heavy atom. The van der Waals surface area contributed by atoms with Crippen molar-refractivity contribution >= 4 is 10.0 Å². The maximum Gasteiger partial charge on any atom is 0.220 e. The minimum absolute atomic E-state index is 0.134. The van der Waals surface area contributed by atoms with E-state index in [1.165, 1.54) is 0 Å². The van der Waals surface area contributed by atoms with E-state index in [4.69, 9.17) is 9.15 Å². The van der Waals surface area contributed by atoms with Gasteiger partial charge in [-0.25, -0.2) is 8.42 Å². The fourth-order valence-electron chi connectivity index (χ4n) is 2.75. The van der Waals surface area contributed by atoms with Crippen LogP contribution in [0, 0.1) is 0 Å². The summed E-state index contributed by atoms with van der Waals surface area (Å²) in [6.45, 7) is 1.46. The summed E-state index contributed by atoms with van der Waals surface area (Å²) in [4.78, 5) is 0. The van der Waals surface area contributed by atoms with Crippen molar-refractivity contribution in [2.45, 2.75) is 30.6 Å². The smallest absolute Gasteiger partial charge is 0.220 e. The van der Waals surface area contributed by atoms with Crippen LogP contribution in [0.4, 0.5) is 0 Å². The van der Waals surface area contributed by atoms with Crippen molar-refractivity contribution < 1.29 is 17.6 Å². The summed E-state index contributed by atoms with van der Waals surface area (Å²) in [6.07, 6.45) is 3.92. The predicted octanol–water partition coefficient (Wildman–Crippen LogP) is 1.54. The number of ether oxygens (including phenoxy) is 1. The van der Waals surface area contributed by atoms with E-state index >= 15 is 0 Å². The Bertz CT molecular complexity index is 490. The molecule has 2 atom stereocenters. The average Bonchev–Trinajstić information content (AvgIpc) is 3.11. The summed E-state index contributed by atoms with van der Waals surface area (Å²) in [6, 6.07) is 3.52. The number of rotatable bonds is 3. The van der Waals surface area contributed by atoms with E-state index in [-0.39, 0.29) is 11.3 Å². The van der Waals surface area contributed by atoms with Crippen LogP contribution in [0.25, 0.3) is 0 Å². The number of furan rings is 1. The zero-order valence-corrected chi connectivity index (χ0v) is 10.9. The first kappa shape index (κ1) is 12.2. The molecule has 2 saturated heterocycles. The lowest BCUT2D eigenvalue weighted by molar-refractivity contribution is 0.197. The standard InChI is InChI=1S/C12H17NO4S/c14-18(15,10-5-8-16-9-10)13-6-1-3-11(13)12-4-2-7-17-12/h2,4,7,10-11H,1,3,5-6,8-9H2/t10-,11+/m0/s1. The molecule has 0 N–H and O–H groups in total. The summed E-state index contributed by atoms with van der Waals surface area (Å²) >= 11 is 0. The molecule has 6 heteroatoms. The Kier molecular flexibility index (Phi) is 3.17. The molecule has 1 aromatic heterocycles. The van der Waals surface area contributed by atoms with Gasteiger partial charge in [0.1, 0.15) is 11.0 Å². The zero-order valence-electron chi connectivity index (χ0n) is 10.1. The minimum Gasteiger partial charge on any atom is -0.468 e. The molecule has 100 valence electrons. The highest BCUT2D eigenvalue weighted by molar-refractivity contribution is 7.89. The quantitative estimate of drug-likeness (QED) is 0.836. The summed E-state index contributed by atoms with van der Waals surface area (Å²) in [5.41, 5.74) is 0. The molecule has 2 fully saturated rings. The van der Waals surface area contributed by atoms with E-state index in [0.29, 0.717) is 26.2 Å². The molecular formula is C12H17NO4S. The topological polar surface area (TPSA) is 59.8 Å². The molecule has 2 aliphatic rings. The summed E-state index contributed by atoms with van der Waals surface area (Å²) in [7, 11) is -3.27. The van der Waals surface area contributed by atoms with Gasteiger partial charge in [-0.3, -0.25) is 0 Å². The van der Waals surface area contributed by atoms with E-state index in [0.717, 1.165) is 18.6 Å². The van der Waals surface area contributed by atoms with Gasteiger partial charge in [0.25, 0.3) is 0 Å². The summed E-state index contributed by atoms with van der Waals surface area (Å²) in [5, 5.41) is -0.381. The fraction of sp³-hybridized carbons (Fsp3) is 0.667. The maximum atomic E-state index is 12.5. The third-order valence-electron chi connectivity index (χ3n) is 3.71. The second kappa shape index (κ2) is 4.68. The molecular weight excluding hydrogens is 254 g/mol. The Labute approximate surface area is 107 Å². The lowest BCUT2D eigenvalue weighted by Crippen LogP contribution is -2.38. The number of nitrogens with zero attached hydrogens (tertiary/aromatic N) is 1. The molecule has 0 amide bonds. The first-order valence-corrected chi connectivity index (χ1v) is 7.82. The van der Waals surface area contributed by atoms with E-state index in [2.05, 4.69) is 0 Å². The highest BCUT2D eigenvalue weighted by Gasteiger charge is 2.42. The van der Waals surface area contributed by atoms with Crippen LogP contribution in [0.5, 0.6) is 0 Å². The van der Waals surface area contributed by atoms with Crippen LogP contribution in [0.2, 0.25) is 0 Å². The molecule has 0 aromatic carbocycles. The first-order chi connectivity index (χ1) is 8.69. The largest absolute Gasteiger partial charge is 0.468 e. The Balaban J connectivity index is 1.86. The van der Waals surface area contributed by atoms with E-state index in [1.807, 2.05) is 6.07 Å². The van der Waals surface area contributed by atoms with Gasteiger partial charge in [0.15, 0.2) is 0 Å². The molecule has 2 aliphatic heterocycles. The highest BCUT2D eigenvalue weighted by Crippen LogP contribution is 2.36. The molecule has 3 rings (SSSR count). The van der Waals surface area contributed by atoms with Crippen LogP contribution in [0.3, 0.4) is 0 Å². The van der Waals surface area contributed by atoms with Gasteiger partial charge >= 0.3 is 0 Å². The van der Waals surface area contributed by atoms with Crippen molar-refractivity contribution in [3.63, 3.8) is 0 Å². The fourth-order valence-corrected chi connectivity index (χ4v) is 4.74. The Morgan fingerprint density at radius 1 is 1.33 bits per heavy atom. The van der Waals surface area contributed by atoms with E-state index in [1.54, 1.807) is 16.6 Å². The summed E-state index contributed by atoms with van der Waals surface area (Å²) in [5.74, 6) is 0.745. The molecule has 0 bridgehead atoms. The molecule has 18 heavy (non-hydrogen) atoms. The van der Waals surface area contributed by atoms with Gasteiger partial charge in [-0.15, -0.1) is 0 Å². The highest BCUT2D eigenvalue weighted by atomic mass is 32.2. The van der Waals surface area contributed by atoms with Crippen LogP contribution in [0.1, 0.15) is 31.1 Å². The monoisotopic (exact) mass is 271 g/mol. The van der Waals surface area contributed by atoms with Crippen molar-refractivity contribution in [1.82, 2.24) is 4.31 Å². The van der Waals surface area contributed by atoms with Crippen LogP contribution in [0.15, 0.2) is 22.8 Å². The van der Waals surface area contributed by atoms with Crippen LogP contribution < -0.4 is 0 Å². The lowest BCUT2D eigenvalue weighted by Gasteiger charge is -2.25. The van der Waals surface area contributed by atoms with Crippen molar-refractivity contribution in [1.29, 1.82) is 0 Å². The summed E-state index contributed by atoms with van der Waals surface area (Å²) < 4.78 is 37.3. The molecule has 0 spiro atoms. The van der Waals surface area contributed by atoms with E-state index in [9.17, 15) is 8.42 Å². The predicted molar refractivity (Wildman–Crippen MR) is 65.5 cm³/mol. The lowest BCUT2D eigenvalue weighted by atomic mass is 10.2. The van der Waals surface area contributed by atoms with Crippen LogP contribution >= 0.6 is 0 Å². The molecule has 0 unspecified atom stereocenters. The van der Waals surface area contributed by atoms with Gasteiger partial charge in [-0.05, 0) is 31.4 Å². The van der Waals surface area contributed by atoms with Gasteiger partial charge in [0.2, 0.25) is 10.0 Å². The molecule has 1 aromatic rings. The first-order valence-electron chi connectivity index (χ1n) is 6.31. The Hall–Kier alpha value is -0.850. The van der Waals surface area contributed by atoms with Crippen molar-refractivity contribution in [3.05, 3.63) is 24.2 Å². The second-order valence-electron chi connectivity index (χ2n) is 4.81. The van der Waals surface area contributed by atoms with Gasteiger partial charge in [0.05, 0.1) is 18.9 Å². The molecule has 0 radical (unpaired) electrons. The van der Waals surface area contributed by atoms with Crippen LogP contribution in [-0.4, -0.2) is 37.7 Å². The SMILES string of the molecule is O=S(=O)([C@H]1CCOC1)N1CCC[C@@H]1c1ccco1. The van der Waals surface area contributed by atoms with Gasteiger partial charge in [-0.2, -0.15) is 4.31 Å². The zero-order chi connectivity index (χ0) is 12.6. The molecule has 3 heterocycles. The normalized spacial score (nSPS) is 30.0. The second-order valence-corrected chi connectivity index (χ2v) is 6.98. The van der Waals surface area contributed by atoms with Crippen molar-refractivity contribution in [2.75, 3.05) is 19.8 Å². The molecule has 0 aliphatic carbocycles. The average molecular weight is 271 g/mol. The number of sulfonamides is 1. The minimum atomic E-state index is -3.27. The van der Waals surface area contributed by atoms with E-state index < -0.39 is 10.0 Å². The maximum absolute atomic E-state index is 12.5. The van der Waals surface area contributed by atoms with Crippen molar-refractivity contribution in [2.24, 2.45) is 0 Å². The van der Waals surface area contributed by atoms with Crippen LogP contribution in [-0.2, 0) is 14.8 Å². The number of hydrogen-bond acceptors (Lipinski definition) is 4. The third-order valence-corrected chi connectivity index (χ3v) is 6.02. The van der Waals surface area contributed by atoms with Gasteiger partial charge in [0, 0.05) is 13.2 Å². The van der Waals surface area contributed by atoms with Gasteiger partial charge < -0.3 is 9.15 Å².